The Morgan fingerprint density at radius 3 is 1.42 bits per heavy atom. The summed E-state index contributed by atoms with van der Waals surface area (Å²) in [5.41, 5.74) is 2.40. The van der Waals surface area contributed by atoms with Crippen LogP contribution in [0.15, 0.2) is 73.3 Å². The van der Waals surface area contributed by atoms with E-state index in [1.54, 1.807) is 79.4 Å². The molecule has 0 saturated heterocycles. The molecule has 6 rings (SSSR count). The Bertz CT molecular complexity index is 2640. The number of carbonyl (C=O) groups excluding carboxylic acids is 1. The lowest BCUT2D eigenvalue weighted by Gasteiger charge is -2.16. The predicted octanol–water partition coefficient (Wildman–Crippen LogP) is 8.31. The number of imidazole rings is 2. The number of hydrogen-bond donors (Lipinski definition) is 1. The fraction of sp³-hybridized carbons (Fsp3) is 0.268. The molecule has 6 aromatic rings. The van der Waals surface area contributed by atoms with E-state index in [1.807, 2.05) is 0 Å². The van der Waals surface area contributed by atoms with Crippen LogP contribution in [-0.4, -0.2) is 70.4 Å². The summed E-state index contributed by atoms with van der Waals surface area (Å²) >= 11 is 0. The van der Waals surface area contributed by atoms with Crippen molar-refractivity contribution >= 4 is 23.2 Å². The van der Waals surface area contributed by atoms with Crippen molar-refractivity contribution in [3.8, 4) is 57.7 Å². The van der Waals surface area contributed by atoms with E-state index in [0.717, 1.165) is 18.2 Å². The standard InChI is InChI=1S/C21H19F2N3O4.C20H17F2N3O4/c1-21(2,11-24)13-5-6-26-14(10-25-17(26)9-13)12-7-15(28-3)18(19(27)29-4)16(8-12)30-20(22)23;1-20(2,10-23)12-4-5-25-13(9-24-16(25)8-12)11-6-14(28-3)17(18(26)27)15(7-11)29-19(21)22/h5-10,20H,1-4H3;4-9,19H,1-3H3,(H,26,27). The second-order valence-electron chi connectivity index (χ2n) is 13.7. The molecule has 0 aliphatic rings. The highest BCUT2D eigenvalue weighted by Crippen LogP contribution is 2.39. The predicted molar refractivity (Wildman–Crippen MR) is 203 cm³/mol. The number of ether oxygens (including phenoxy) is 5. The maximum absolute atomic E-state index is 13.0. The Morgan fingerprint density at radius 1 is 0.678 bits per heavy atom. The van der Waals surface area contributed by atoms with E-state index in [4.69, 9.17) is 9.47 Å². The number of aromatic carboxylic acids is 1. The average Bonchev–Trinajstić information content (AvgIpc) is 3.83. The fourth-order valence-corrected chi connectivity index (χ4v) is 5.98. The molecule has 0 radical (unpaired) electrons. The summed E-state index contributed by atoms with van der Waals surface area (Å²) in [4.78, 5) is 32.3. The molecular weight excluding hydrogens is 780 g/mol. The van der Waals surface area contributed by atoms with Crippen LogP contribution in [0.1, 0.15) is 59.5 Å². The first-order chi connectivity index (χ1) is 27.9. The van der Waals surface area contributed by atoms with Crippen molar-refractivity contribution in [1.82, 2.24) is 18.8 Å². The van der Waals surface area contributed by atoms with Crippen LogP contribution >= 0.6 is 0 Å². The van der Waals surface area contributed by atoms with Gasteiger partial charge >= 0.3 is 25.2 Å². The Balaban J connectivity index is 0.000000224. The summed E-state index contributed by atoms with van der Waals surface area (Å²) in [7, 11) is 3.68. The summed E-state index contributed by atoms with van der Waals surface area (Å²) in [6.07, 6.45) is 6.51. The van der Waals surface area contributed by atoms with E-state index >= 15 is 0 Å². The van der Waals surface area contributed by atoms with Gasteiger partial charge < -0.3 is 28.8 Å². The van der Waals surface area contributed by atoms with Crippen molar-refractivity contribution in [2.24, 2.45) is 0 Å². The minimum absolute atomic E-state index is 0.0205. The Morgan fingerprint density at radius 2 is 1.07 bits per heavy atom. The molecule has 0 aliphatic carbocycles. The van der Waals surface area contributed by atoms with Crippen LogP contribution in [0.25, 0.3) is 33.8 Å². The number of alkyl halides is 4. The topological polar surface area (TPSA) is 183 Å². The quantitative estimate of drug-likeness (QED) is 0.0922. The van der Waals surface area contributed by atoms with Crippen molar-refractivity contribution in [1.29, 1.82) is 10.5 Å². The van der Waals surface area contributed by atoms with Crippen molar-refractivity contribution < 1.29 is 55.9 Å². The molecule has 14 nitrogen and oxygen atoms in total. The molecule has 2 aromatic carbocycles. The van der Waals surface area contributed by atoms with Crippen LogP contribution in [-0.2, 0) is 15.6 Å². The first-order valence-electron chi connectivity index (χ1n) is 17.3. The summed E-state index contributed by atoms with van der Waals surface area (Å²) in [6.45, 7) is 0.815. The van der Waals surface area contributed by atoms with E-state index in [1.165, 1.54) is 44.7 Å². The molecule has 1 N–H and O–H groups in total. The zero-order chi connectivity index (χ0) is 43.4. The van der Waals surface area contributed by atoms with Crippen molar-refractivity contribution in [3.05, 3.63) is 95.6 Å². The number of carbonyl (C=O) groups is 2. The molecule has 0 spiro atoms. The van der Waals surface area contributed by atoms with Gasteiger partial charge in [-0.2, -0.15) is 28.1 Å². The lowest BCUT2D eigenvalue weighted by atomic mass is 9.87. The fourth-order valence-electron chi connectivity index (χ4n) is 5.98. The van der Waals surface area contributed by atoms with Gasteiger partial charge in [-0.3, -0.25) is 8.80 Å². The summed E-state index contributed by atoms with van der Waals surface area (Å²) in [5.74, 6) is -3.31. The van der Waals surface area contributed by atoms with Crippen molar-refractivity contribution in [2.45, 2.75) is 51.7 Å². The largest absolute Gasteiger partial charge is 0.496 e. The third kappa shape index (κ3) is 8.81. The van der Waals surface area contributed by atoms with Gasteiger partial charge in [0.1, 0.15) is 45.4 Å². The molecule has 0 bridgehead atoms. The van der Waals surface area contributed by atoms with Gasteiger partial charge in [0, 0.05) is 23.5 Å². The van der Waals surface area contributed by atoms with Gasteiger partial charge in [-0.1, -0.05) is 0 Å². The molecule has 0 aliphatic heterocycles. The van der Waals surface area contributed by atoms with E-state index in [-0.39, 0.29) is 22.8 Å². The van der Waals surface area contributed by atoms with Crippen LogP contribution < -0.4 is 18.9 Å². The van der Waals surface area contributed by atoms with Crippen LogP contribution in [0, 0.1) is 22.7 Å². The van der Waals surface area contributed by atoms with Gasteiger partial charge in [0.05, 0.1) is 68.1 Å². The highest BCUT2D eigenvalue weighted by molar-refractivity contribution is 5.97. The number of esters is 1. The summed E-state index contributed by atoms with van der Waals surface area (Å²) in [6, 6.07) is 17.0. The number of hydrogen-bond acceptors (Lipinski definition) is 11. The maximum Gasteiger partial charge on any atom is 0.387 e. The van der Waals surface area contributed by atoms with Gasteiger partial charge in [0.25, 0.3) is 0 Å². The molecule has 59 heavy (non-hydrogen) atoms. The van der Waals surface area contributed by atoms with E-state index in [9.17, 15) is 42.8 Å². The molecule has 4 heterocycles. The zero-order valence-corrected chi connectivity index (χ0v) is 32.6. The maximum atomic E-state index is 13.0. The van der Waals surface area contributed by atoms with Crippen molar-refractivity contribution in [2.75, 3.05) is 21.3 Å². The molecule has 0 atom stereocenters. The zero-order valence-electron chi connectivity index (χ0n) is 32.6. The molecule has 0 unspecified atom stereocenters. The monoisotopic (exact) mass is 816 g/mol. The second-order valence-corrected chi connectivity index (χ2v) is 13.7. The SMILES string of the molecule is COC(=O)c1c(OC)cc(-c2cnc3cc(C(C)(C)C#N)ccn23)cc1OC(F)F.COc1cc(-c2cnc3cc(C(C)(C)C#N)ccn23)cc(OC(F)F)c1C(=O)O. The van der Waals surface area contributed by atoms with E-state index in [2.05, 4.69) is 36.3 Å². The van der Waals surface area contributed by atoms with Crippen LogP contribution in [0.2, 0.25) is 0 Å². The van der Waals surface area contributed by atoms with Gasteiger partial charge in [-0.25, -0.2) is 19.6 Å². The molecule has 306 valence electrons. The minimum Gasteiger partial charge on any atom is -0.496 e. The summed E-state index contributed by atoms with van der Waals surface area (Å²) in [5, 5.41) is 28.0. The normalized spacial score (nSPS) is 11.4. The van der Waals surface area contributed by atoms with E-state index in [0.29, 0.717) is 33.8 Å². The van der Waals surface area contributed by atoms with Crippen LogP contribution in [0.3, 0.4) is 0 Å². The number of carboxylic acids is 1. The third-order valence-electron chi connectivity index (χ3n) is 9.23. The van der Waals surface area contributed by atoms with Crippen LogP contribution in [0.4, 0.5) is 17.6 Å². The van der Waals surface area contributed by atoms with Gasteiger partial charge in [-0.15, -0.1) is 0 Å². The van der Waals surface area contributed by atoms with Gasteiger partial charge in [0.15, 0.2) is 0 Å². The molecule has 0 amide bonds. The van der Waals surface area contributed by atoms with Crippen LogP contribution in [0.5, 0.6) is 23.0 Å². The first-order valence-corrected chi connectivity index (χ1v) is 17.3. The summed E-state index contributed by atoms with van der Waals surface area (Å²) < 4.78 is 78.9. The highest BCUT2D eigenvalue weighted by atomic mass is 19.3. The molecular formula is C41H36F4N6O8. The number of halogens is 4. The van der Waals surface area contributed by atoms with Gasteiger partial charge in [0.2, 0.25) is 0 Å². The Labute approximate surface area is 334 Å². The Kier molecular flexibility index (Phi) is 12.4. The number of aromatic nitrogens is 4. The number of nitrogens with zero attached hydrogens (tertiary/aromatic N) is 6. The molecule has 0 saturated carbocycles. The number of pyridine rings is 2. The highest BCUT2D eigenvalue weighted by Gasteiger charge is 2.27. The molecule has 18 heteroatoms. The third-order valence-corrected chi connectivity index (χ3v) is 9.23. The number of carboxylic acid groups (broad SMARTS) is 1. The number of fused-ring (bicyclic) bond motifs is 2. The number of rotatable bonds is 12. The lowest BCUT2D eigenvalue weighted by molar-refractivity contribution is -0.0512. The molecule has 0 fully saturated rings. The lowest BCUT2D eigenvalue weighted by Crippen LogP contribution is -2.14. The average molecular weight is 817 g/mol. The number of nitriles is 2. The second kappa shape index (κ2) is 17.0. The molecule has 4 aromatic heterocycles. The Hall–Kier alpha value is -7.34. The number of benzene rings is 2. The minimum atomic E-state index is -3.20. The van der Waals surface area contributed by atoms with E-state index < -0.39 is 47.3 Å². The van der Waals surface area contributed by atoms with Crippen molar-refractivity contribution in [3.63, 3.8) is 0 Å². The smallest absolute Gasteiger partial charge is 0.387 e. The van der Waals surface area contributed by atoms with Gasteiger partial charge in [-0.05, 0) is 87.4 Å². The first kappa shape index (κ1) is 42.8. The number of methoxy groups -OCH3 is 3.